The second-order valence-corrected chi connectivity index (χ2v) is 13.3. The number of fused-ring (bicyclic) bond motifs is 2. The van der Waals surface area contributed by atoms with E-state index in [-0.39, 0.29) is 52.2 Å². The van der Waals surface area contributed by atoms with Gasteiger partial charge in [0.2, 0.25) is 5.91 Å². The maximum absolute atomic E-state index is 14.2. The van der Waals surface area contributed by atoms with Crippen molar-refractivity contribution >= 4 is 56.1 Å². The van der Waals surface area contributed by atoms with Gasteiger partial charge in [0.05, 0.1) is 23.7 Å². The summed E-state index contributed by atoms with van der Waals surface area (Å²) in [7, 11) is 0. The highest BCUT2D eigenvalue weighted by Crippen LogP contribution is 2.59. The first-order valence-electron chi connectivity index (χ1n) is 14.0. The number of halogens is 2. The summed E-state index contributed by atoms with van der Waals surface area (Å²) in [6, 6.07) is 6.38. The van der Waals surface area contributed by atoms with Crippen molar-refractivity contribution in [3.63, 3.8) is 0 Å². The molecule has 2 aliphatic rings. The van der Waals surface area contributed by atoms with E-state index in [1.807, 2.05) is 31.4 Å². The Balaban J connectivity index is 1.28. The van der Waals surface area contributed by atoms with Crippen molar-refractivity contribution in [2.75, 3.05) is 6.26 Å². The van der Waals surface area contributed by atoms with Crippen LogP contribution in [0.4, 0.5) is 4.39 Å². The number of amides is 1. The number of hydrogen-bond donors (Lipinski definition) is 0. The average molecular weight is 666 g/mol. The van der Waals surface area contributed by atoms with Crippen LogP contribution in [0.25, 0.3) is 22.0 Å². The van der Waals surface area contributed by atoms with E-state index in [2.05, 4.69) is 42.9 Å². The lowest BCUT2D eigenvalue weighted by Gasteiger charge is -2.27. The van der Waals surface area contributed by atoms with Crippen molar-refractivity contribution in [3.05, 3.63) is 69.9 Å². The molecule has 9 nitrogen and oxygen atoms in total. The Kier molecular flexibility index (Phi) is 7.70. The van der Waals surface area contributed by atoms with Crippen molar-refractivity contribution in [2.45, 2.75) is 64.4 Å². The molecule has 1 saturated carbocycles. The standard InChI is InChI=1S/C31H30BrFN6O3S/c1-16(40)29-21-7-18(20-12-34-17(2)35-13-20)5-6-24(21)38(37-29)14-28(42)39-25(10-31(3)11-27(31)39)26(41)9-23-19(15-43-4)8-22(33)30(32)36-23/h5-8,12-13,25,27H,9-11,14-15H2,1-4H3/t25-,27+,31-/m0/s1. The van der Waals surface area contributed by atoms with E-state index in [1.165, 1.54) is 24.8 Å². The molecule has 1 aromatic carbocycles. The van der Waals surface area contributed by atoms with E-state index in [0.717, 1.165) is 17.5 Å². The molecule has 2 fully saturated rings. The third-order valence-electron chi connectivity index (χ3n) is 8.52. The summed E-state index contributed by atoms with van der Waals surface area (Å²) in [6.07, 6.45) is 6.78. The van der Waals surface area contributed by atoms with Gasteiger partial charge in [0.25, 0.3) is 0 Å². The number of aromatic nitrogens is 5. The van der Waals surface area contributed by atoms with Crippen molar-refractivity contribution in [3.8, 4) is 11.1 Å². The van der Waals surface area contributed by atoms with Crippen LogP contribution in [-0.2, 0) is 28.3 Å². The van der Waals surface area contributed by atoms with Crippen LogP contribution in [0.2, 0.25) is 0 Å². The summed E-state index contributed by atoms with van der Waals surface area (Å²) < 4.78 is 15.8. The zero-order chi connectivity index (χ0) is 30.6. The predicted molar refractivity (Wildman–Crippen MR) is 165 cm³/mol. The first-order valence-corrected chi connectivity index (χ1v) is 16.1. The number of aryl methyl sites for hydroxylation is 1. The number of piperidine rings is 1. The second-order valence-electron chi connectivity index (χ2n) is 11.7. The van der Waals surface area contributed by atoms with Crippen molar-refractivity contribution in [1.29, 1.82) is 0 Å². The van der Waals surface area contributed by atoms with Crippen LogP contribution in [0.3, 0.4) is 0 Å². The fourth-order valence-electron chi connectivity index (χ4n) is 6.16. The van der Waals surface area contributed by atoms with Gasteiger partial charge in [0.1, 0.15) is 22.7 Å². The number of nitrogens with zero attached hydrogens (tertiary/aromatic N) is 6. The van der Waals surface area contributed by atoms with Crippen LogP contribution in [0.5, 0.6) is 0 Å². The topological polar surface area (TPSA) is 111 Å². The van der Waals surface area contributed by atoms with Crippen LogP contribution in [0.15, 0.2) is 41.3 Å². The van der Waals surface area contributed by atoms with Gasteiger partial charge >= 0.3 is 0 Å². The maximum Gasteiger partial charge on any atom is 0.245 e. The van der Waals surface area contributed by atoms with E-state index in [0.29, 0.717) is 40.2 Å². The Morgan fingerprint density at radius 2 is 1.88 bits per heavy atom. The van der Waals surface area contributed by atoms with E-state index >= 15 is 0 Å². The van der Waals surface area contributed by atoms with Crippen LogP contribution in [0.1, 0.15) is 54.3 Å². The van der Waals surface area contributed by atoms with Gasteiger partial charge in [-0.2, -0.15) is 16.9 Å². The quantitative estimate of drug-likeness (QED) is 0.174. The predicted octanol–water partition coefficient (Wildman–Crippen LogP) is 5.36. The number of thioether (sulfide) groups is 1. The Morgan fingerprint density at radius 1 is 1.14 bits per heavy atom. The number of carbonyl (C=O) groups excluding carboxylic acids is 3. The summed E-state index contributed by atoms with van der Waals surface area (Å²) in [5.41, 5.74) is 3.64. The Hall–Kier alpha value is -3.51. The number of likely N-dealkylation sites (tertiary alicyclic amines) is 1. The van der Waals surface area contributed by atoms with E-state index in [1.54, 1.807) is 22.0 Å². The normalized spacial score (nSPS) is 20.8. The summed E-state index contributed by atoms with van der Waals surface area (Å²) in [5, 5.41) is 5.18. The van der Waals surface area contributed by atoms with Crippen LogP contribution in [0, 0.1) is 18.2 Å². The first-order chi connectivity index (χ1) is 20.5. The van der Waals surface area contributed by atoms with Gasteiger partial charge in [0, 0.05) is 42.1 Å². The molecule has 4 heterocycles. The molecule has 3 atom stereocenters. The molecule has 6 rings (SSSR count). The molecule has 43 heavy (non-hydrogen) atoms. The molecule has 4 aromatic rings. The van der Waals surface area contributed by atoms with Crippen molar-refractivity contribution in [1.82, 2.24) is 29.6 Å². The van der Waals surface area contributed by atoms with Gasteiger partial charge in [-0.15, -0.1) is 0 Å². The Bertz CT molecular complexity index is 1790. The average Bonchev–Trinajstić information content (AvgIpc) is 3.33. The number of ketones is 2. The third-order valence-corrected chi connectivity index (χ3v) is 9.68. The zero-order valence-electron chi connectivity index (χ0n) is 24.2. The zero-order valence-corrected chi connectivity index (χ0v) is 26.6. The fourth-order valence-corrected chi connectivity index (χ4v) is 7.05. The molecule has 0 radical (unpaired) electrons. The maximum atomic E-state index is 14.2. The lowest BCUT2D eigenvalue weighted by molar-refractivity contribution is -0.139. The highest BCUT2D eigenvalue weighted by molar-refractivity contribution is 9.10. The van der Waals surface area contributed by atoms with E-state index in [9.17, 15) is 18.8 Å². The van der Waals surface area contributed by atoms with Gasteiger partial charge in [-0.05, 0) is 76.7 Å². The molecule has 1 amide bonds. The smallest absolute Gasteiger partial charge is 0.245 e. The molecular formula is C31H30BrFN6O3S. The lowest BCUT2D eigenvalue weighted by atomic mass is 9.96. The number of Topliss-reactive ketones (excluding diaryl/α,β-unsaturated/α-hetero) is 2. The Morgan fingerprint density at radius 3 is 2.58 bits per heavy atom. The molecule has 1 aliphatic carbocycles. The minimum absolute atomic E-state index is 0.0106. The molecule has 1 aliphatic heterocycles. The second kappa shape index (κ2) is 11.2. The first kappa shape index (κ1) is 29.6. The van der Waals surface area contributed by atoms with Crippen molar-refractivity contribution in [2.24, 2.45) is 5.41 Å². The van der Waals surface area contributed by atoms with Crippen LogP contribution in [-0.4, -0.2) is 65.4 Å². The van der Waals surface area contributed by atoms with Gasteiger partial charge in [-0.1, -0.05) is 13.0 Å². The molecular weight excluding hydrogens is 635 g/mol. The number of carbonyl (C=O) groups is 3. The molecule has 1 saturated heterocycles. The lowest BCUT2D eigenvalue weighted by Crippen LogP contribution is -2.45. The number of benzene rings is 1. The molecule has 0 spiro atoms. The minimum Gasteiger partial charge on any atom is -0.327 e. The summed E-state index contributed by atoms with van der Waals surface area (Å²) in [5.74, 6) is 0.163. The largest absolute Gasteiger partial charge is 0.327 e. The van der Waals surface area contributed by atoms with Gasteiger partial charge in [-0.25, -0.2) is 19.3 Å². The van der Waals surface area contributed by atoms with Gasteiger partial charge < -0.3 is 4.90 Å². The number of pyridine rings is 1. The fraction of sp³-hybridized carbons (Fsp3) is 0.387. The molecule has 3 aromatic heterocycles. The SMILES string of the molecule is CSCc1cc(F)c(Br)nc1CC(=O)[C@@H]1C[C@@]2(C)C[C@H]2N1C(=O)Cn1nc(C(C)=O)c2cc(-c3cnc(C)nc3)ccc21. The summed E-state index contributed by atoms with van der Waals surface area (Å²) >= 11 is 4.67. The monoisotopic (exact) mass is 664 g/mol. The molecule has 0 bridgehead atoms. The Labute approximate surface area is 260 Å². The summed E-state index contributed by atoms with van der Waals surface area (Å²) in [6.45, 7) is 5.26. The minimum atomic E-state index is -0.605. The third kappa shape index (κ3) is 5.50. The van der Waals surface area contributed by atoms with E-state index < -0.39 is 11.9 Å². The highest BCUT2D eigenvalue weighted by Gasteiger charge is 2.64. The van der Waals surface area contributed by atoms with Crippen molar-refractivity contribution < 1.29 is 18.8 Å². The van der Waals surface area contributed by atoms with Crippen LogP contribution < -0.4 is 0 Å². The highest BCUT2D eigenvalue weighted by atomic mass is 79.9. The molecule has 0 unspecified atom stereocenters. The van der Waals surface area contributed by atoms with Gasteiger partial charge in [0.15, 0.2) is 17.4 Å². The van der Waals surface area contributed by atoms with E-state index in [4.69, 9.17) is 0 Å². The molecule has 0 N–H and O–H groups in total. The number of hydrogen-bond acceptors (Lipinski definition) is 8. The molecule has 222 valence electrons. The van der Waals surface area contributed by atoms with Gasteiger partial charge in [-0.3, -0.25) is 19.1 Å². The summed E-state index contributed by atoms with van der Waals surface area (Å²) in [4.78, 5) is 54.8. The molecule has 12 heteroatoms. The number of rotatable bonds is 9. The van der Waals surface area contributed by atoms with Crippen LogP contribution >= 0.6 is 27.7 Å².